The lowest BCUT2D eigenvalue weighted by Gasteiger charge is -2.43. The van der Waals surface area contributed by atoms with E-state index in [0.29, 0.717) is 19.1 Å². The Kier molecular flexibility index (Phi) is 4.56. The minimum atomic E-state index is -0.0579. The molecule has 1 aliphatic heterocycles. The Bertz CT molecular complexity index is 421. The van der Waals surface area contributed by atoms with Gasteiger partial charge in [0.1, 0.15) is 6.04 Å². The van der Waals surface area contributed by atoms with Gasteiger partial charge in [-0.3, -0.25) is 9.69 Å². The SMILES string of the molecule is CNCC1C(=O)N(Cc2ccccc2)CC(C)N1C. The fourth-order valence-corrected chi connectivity index (χ4v) is 2.60. The van der Waals surface area contributed by atoms with Gasteiger partial charge in [0, 0.05) is 25.7 Å². The molecule has 19 heavy (non-hydrogen) atoms. The largest absolute Gasteiger partial charge is 0.335 e. The molecule has 4 nitrogen and oxygen atoms in total. The van der Waals surface area contributed by atoms with Crippen molar-refractivity contribution < 1.29 is 4.79 Å². The molecule has 0 radical (unpaired) electrons. The molecule has 1 aliphatic rings. The molecule has 1 aromatic carbocycles. The number of rotatable bonds is 4. The smallest absolute Gasteiger partial charge is 0.241 e. The molecule has 1 fully saturated rings. The number of nitrogens with zero attached hydrogens (tertiary/aromatic N) is 2. The summed E-state index contributed by atoms with van der Waals surface area (Å²) in [6.07, 6.45) is 0. The third kappa shape index (κ3) is 3.14. The quantitative estimate of drug-likeness (QED) is 0.876. The van der Waals surface area contributed by atoms with Crippen LogP contribution in [-0.4, -0.2) is 55.0 Å². The molecule has 0 saturated carbocycles. The van der Waals surface area contributed by atoms with E-state index in [1.165, 1.54) is 5.56 Å². The van der Waals surface area contributed by atoms with Crippen LogP contribution in [0.15, 0.2) is 30.3 Å². The maximum Gasteiger partial charge on any atom is 0.241 e. The first-order valence-corrected chi connectivity index (χ1v) is 6.82. The fraction of sp³-hybridized carbons (Fsp3) is 0.533. The molecule has 2 unspecified atom stereocenters. The minimum absolute atomic E-state index is 0.0579. The van der Waals surface area contributed by atoms with Crippen LogP contribution in [0.1, 0.15) is 12.5 Å². The minimum Gasteiger partial charge on any atom is -0.335 e. The van der Waals surface area contributed by atoms with Crippen molar-refractivity contribution in [3.8, 4) is 0 Å². The Morgan fingerprint density at radius 2 is 2.00 bits per heavy atom. The van der Waals surface area contributed by atoms with Crippen molar-refractivity contribution in [1.82, 2.24) is 15.1 Å². The number of carbonyl (C=O) groups is 1. The van der Waals surface area contributed by atoms with Gasteiger partial charge in [-0.05, 0) is 26.6 Å². The lowest BCUT2D eigenvalue weighted by molar-refractivity contribution is -0.144. The number of benzene rings is 1. The Labute approximate surface area is 115 Å². The van der Waals surface area contributed by atoms with E-state index >= 15 is 0 Å². The third-order valence-corrected chi connectivity index (χ3v) is 3.88. The van der Waals surface area contributed by atoms with Gasteiger partial charge in [-0.2, -0.15) is 0 Å². The van der Waals surface area contributed by atoms with Crippen LogP contribution in [-0.2, 0) is 11.3 Å². The van der Waals surface area contributed by atoms with Crippen LogP contribution < -0.4 is 5.32 Å². The van der Waals surface area contributed by atoms with Crippen molar-refractivity contribution >= 4 is 5.91 Å². The predicted molar refractivity (Wildman–Crippen MR) is 76.8 cm³/mol. The van der Waals surface area contributed by atoms with Gasteiger partial charge >= 0.3 is 0 Å². The van der Waals surface area contributed by atoms with Crippen LogP contribution in [0.2, 0.25) is 0 Å². The summed E-state index contributed by atoms with van der Waals surface area (Å²) in [5.41, 5.74) is 1.19. The zero-order valence-corrected chi connectivity index (χ0v) is 12.0. The highest BCUT2D eigenvalue weighted by Gasteiger charge is 2.35. The third-order valence-electron chi connectivity index (χ3n) is 3.88. The molecule has 0 aliphatic carbocycles. The van der Waals surface area contributed by atoms with Gasteiger partial charge in [0.15, 0.2) is 0 Å². The standard InChI is InChI=1S/C15H23N3O/c1-12-10-18(11-13-7-5-4-6-8-13)15(19)14(9-16-2)17(12)3/h4-8,12,14,16H,9-11H2,1-3H3. The molecule has 1 saturated heterocycles. The predicted octanol–water partition coefficient (Wildman–Crippen LogP) is 0.937. The molecular weight excluding hydrogens is 238 g/mol. The number of amides is 1. The topological polar surface area (TPSA) is 35.6 Å². The average Bonchev–Trinajstić information content (AvgIpc) is 2.42. The van der Waals surface area contributed by atoms with Crippen LogP contribution in [0.5, 0.6) is 0 Å². The van der Waals surface area contributed by atoms with E-state index in [1.54, 1.807) is 0 Å². The summed E-state index contributed by atoms with van der Waals surface area (Å²) in [7, 11) is 3.92. The van der Waals surface area contributed by atoms with Crippen LogP contribution in [0, 0.1) is 0 Å². The first kappa shape index (κ1) is 14.0. The lowest BCUT2D eigenvalue weighted by atomic mass is 10.1. The second-order valence-electron chi connectivity index (χ2n) is 5.29. The maximum absolute atomic E-state index is 12.5. The van der Waals surface area contributed by atoms with Crippen molar-refractivity contribution in [1.29, 1.82) is 0 Å². The van der Waals surface area contributed by atoms with Crippen molar-refractivity contribution in [3.05, 3.63) is 35.9 Å². The van der Waals surface area contributed by atoms with E-state index in [2.05, 4.69) is 29.3 Å². The first-order valence-electron chi connectivity index (χ1n) is 6.82. The molecular formula is C15H23N3O. The monoisotopic (exact) mass is 261 g/mol. The van der Waals surface area contributed by atoms with E-state index in [0.717, 1.165) is 6.54 Å². The van der Waals surface area contributed by atoms with Gasteiger partial charge in [0.05, 0.1) is 0 Å². The highest BCUT2D eigenvalue weighted by Crippen LogP contribution is 2.17. The van der Waals surface area contributed by atoms with Gasteiger partial charge in [-0.25, -0.2) is 0 Å². The van der Waals surface area contributed by atoms with E-state index in [1.807, 2.05) is 37.2 Å². The zero-order valence-electron chi connectivity index (χ0n) is 12.0. The number of hydrogen-bond acceptors (Lipinski definition) is 3. The number of likely N-dealkylation sites (N-methyl/N-ethyl adjacent to an activating group) is 2. The Morgan fingerprint density at radius 1 is 1.32 bits per heavy atom. The number of piperazine rings is 1. The number of nitrogens with one attached hydrogen (secondary N) is 1. The van der Waals surface area contributed by atoms with Gasteiger partial charge in [0.2, 0.25) is 5.91 Å². The van der Waals surface area contributed by atoms with Gasteiger partial charge in [-0.1, -0.05) is 30.3 Å². The second kappa shape index (κ2) is 6.17. The Balaban J connectivity index is 2.10. The number of hydrogen-bond donors (Lipinski definition) is 1. The van der Waals surface area contributed by atoms with Crippen molar-refractivity contribution in [2.75, 3.05) is 27.2 Å². The fourth-order valence-electron chi connectivity index (χ4n) is 2.60. The molecule has 4 heteroatoms. The summed E-state index contributed by atoms with van der Waals surface area (Å²) >= 11 is 0. The Hall–Kier alpha value is -1.39. The van der Waals surface area contributed by atoms with Crippen LogP contribution in [0.3, 0.4) is 0 Å². The maximum atomic E-state index is 12.5. The van der Waals surface area contributed by atoms with E-state index < -0.39 is 0 Å². The van der Waals surface area contributed by atoms with Gasteiger partial charge in [0.25, 0.3) is 0 Å². The van der Waals surface area contributed by atoms with Crippen molar-refractivity contribution in [3.63, 3.8) is 0 Å². The summed E-state index contributed by atoms with van der Waals surface area (Å²) in [6.45, 7) is 4.38. The summed E-state index contributed by atoms with van der Waals surface area (Å²) in [5, 5.41) is 3.11. The van der Waals surface area contributed by atoms with Crippen LogP contribution >= 0.6 is 0 Å². The normalized spacial score (nSPS) is 24.8. The van der Waals surface area contributed by atoms with E-state index in [9.17, 15) is 4.79 Å². The molecule has 2 rings (SSSR count). The summed E-state index contributed by atoms with van der Waals surface area (Å²) in [5.74, 6) is 0.221. The average molecular weight is 261 g/mol. The first-order chi connectivity index (χ1) is 9.13. The molecule has 0 bridgehead atoms. The van der Waals surface area contributed by atoms with E-state index in [-0.39, 0.29) is 11.9 Å². The molecule has 1 N–H and O–H groups in total. The number of carbonyl (C=O) groups excluding carboxylic acids is 1. The van der Waals surface area contributed by atoms with Crippen molar-refractivity contribution in [2.24, 2.45) is 0 Å². The highest BCUT2D eigenvalue weighted by atomic mass is 16.2. The molecule has 1 amide bonds. The highest BCUT2D eigenvalue weighted by molar-refractivity contribution is 5.83. The summed E-state index contributed by atoms with van der Waals surface area (Å²) in [4.78, 5) is 16.7. The van der Waals surface area contributed by atoms with Crippen molar-refractivity contribution in [2.45, 2.75) is 25.6 Å². The van der Waals surface area contributed by atoms with Gasteiger partial charge in [-0.15, -0.1) is 0 Å². The molecule has 0 aromatic heterocycles. The molecule has 104 valence electrons. The lowest BCUT2D eigenvalue weighted by Crippen LogP contribution is -2.61. The summed E-state index contributed by atoms with van der Waals surface area (Å²) < 4.78 is 0. The van der Waals surface area contributed by atoms with E-state index in [4.69, 9.17) is 0 Å². The summed E-state index contributed by atoms with van der Waals surface area (Å²) in [6, 6.07) is 10.5. The second-order valence-corrected chi connectivity index (χ2v) is 5.29. The zero-order chi connectivity index (χ0) is 13.8. The van der Waals surface area contributed by atoms with Crippen LogP contribution in [0.4, 0.5) is 0 Å². The Morgan fingerprint density at radius 3 is 2.63 bits per heavy atom. The molecule has 1 aromatic rings. The van der Waals surface area contributed by atoms with Crippen LogP contribution in [0.25, 0.3) is 0 Å². The molecule has 0 spiro atoms. The van der Waals surface area contributed by atoms with Gasteiger partial charge < -0.3 is 10.2 Å². The molecule has 1 heterocycles. The molecule has 2 atom stereocenters.